The first-order chi connectivity index (χ1) is 8.11. The van der Waals surface area contributed by atoms with E-state index < -0.39 is 5.60 Å². The Hall–Kier alpha value is 0.140. The van der Waals surface area contributed by atoms with Crippen LogP contribution in [0.25, 0.3) is 0 Å². The van der Waals surface area contributed by atoms with Gasteiger partial charge in [0, 0.05) is 11.3 Å². The number of thiophene rings is 1. The highest BCUT2D eigenvalue weighted by Crippen LogP contribution is 2.37. The Morgan fingerprint density at radius 1 is 1.41 bits per heavy atom. The van der Waals surface area contributed by atoms with E-state index in [0.717, 1.165) is 29.0 Å². The fourth-order valence-electron chi connectivity index (χ4n) is 2.86. The Morgan fingerprint density at radius 3 is 2.65 bits per heavy atom. The molecule has 1 N–H and O–H groups in total. The number of aliphatic hydroxyl groups is 1. The molecule has 0 saturated heterocycles. The first-order valence-electron chi connectivity index (χ1n) is 6.58. The molecule has 1 aromatic heterocycles. The third-order valence-corrected chi connectivity index (χ3v) is 5.49. The number of halogens is 1. The summed E-state index contributed by atoms with van der Waals surface area (Å²) in [4.78, 5) is 1.30. The lowest BCUT2D eigenvalue weighted by Crippen LogP contribution is -2.36. The third kappa shape index (κ3) is 3.80. The molecule has 2 rings (SSSR count). The lowest BCUT2D eigenvalue weighted by atomic mass is 9.75. The molecule has 0 unspecified atom stereocenters. The normalized spacial score (nSPS) is 29.5. The average Bonchev–Trinajstić information content (AvgIpc) is 2.68. The molecule has 0 aromatic carbocycles. The molecule has 0 amide bonds. The minimum atomic E-state index is -0.436. The molecule has 1 saturated carbocycles. The van der Waals surface area contributed by atoms with Crippen molar-refractivity contribution in [2.45, 2.75) is 57.5 Å². The van der Waals surface area contributed by atoms with Crippen LogP contribution < -0.4 is 0 Å². The molecule has 1 aliphatic carbocycles. The van der Waals surface area contributed by atoms with Crippen molar-refractivity contribution in [1.82, 2.24) is 0 Å². The fourth-order valence-corrected chi connectivity index (χ4v) is 4.48. The zero-order chi connectivity index (χ0) is 12.3. The first kappa shape index (κ1) is 13.6. The topological polar surface area (TPSA) is 20.2 Å². The van der Waals surface area contributed by atoms with E-state index in [1.165, 1.54) is 30.6 Å². The second kappa shape index (κ2) is 5.85. The first-order valence-corrected chi connectivity index (χ1v) is 8.19. The molecular weight excluding hydrogens is 296 g/mol. The molecule has 3 heteroatoms. The smallest absolute Gasteiger partial charge is 0.0701 e. The number of rotatable bonds is 4. The maximum atomic E-state index is 10.6. The van der Waals surface area contributed by atoms with E-state index in [-0.39, 0.29) is 0 Å². The Labute approximate surface area is 116 Å². The molecule has 0 aliphatic heterocycles. The van der Waals surface area contributed by atoms with Gasteiger partial charge in [-0.25, -0.2) is 0 Å². The molecular formula is C14H21BrOS. The minimum absolute atomic E-state index is 0.436. The maximum absolute atomic E-state index is 10.6. The van der Waals surface area contributed by atoms with Crippen LogP contribution in [0, 0.1) is 5.92 Å². The molecule has 0 spiro atoms. The lowest BCUT2D eigenvalue weighted by Gasteiger charge is -2.35. The van der Waals surface area contributed by atoms with Gasteiger partial charge >= 0.3 is 0 Å². The van der Waals surface area contributed by atoms with E-state index in [1.807, 2.05) is 0 Å². The summed E-state index contributed by atoms with van der Waals surface area (Å²) >= 11 is 5.23. The van der Waals surface area contributed by atoms with Crippen molar-refractivity contribution in [3.63, 3.8) is 0 Å². The van der Waals surface area contributed by atoms with Crippen LogP contribution in [-0.2, 0) is 6.42 Å². The fraction of sp³-hybridized carbons (Fsp3) is 0.714. The standard InChI is InChI=1S/C14H21BrOS/c1-2-3-11-6-8-14(16,9-7-11)10-12-4-5-13(15)17-12/h4-5,11,16H,2-3,6-10H2,1H3. The second-order valence-corrected chi connectivity index (χ2v) is 7.89. The van der Waals surface area contributed by atoms with E-state index >= 15 is 0 Å². The largest absolute Gasteiger partial charge is 0.390 e. The summed E-state index contributed by atoms with van der Waals surface area (Å²) in [6.07, 6.45) is 7.82. The van der Waals surface area contributed by atoms with Gasteiger partial charge in [-0.2, -0.15) is 0 Å². The Morgan fingerprint density at radius 2 is 2.12 bits per heavy atom. The quantitative estimate of drug-likeness (QED) is 0.848. The van der Waals surface area contributed by atoms with Crippen molar-refractivity contribution in [2.24, 2.45) is 5.92 Å². The van der Waals surface area contributed by atoms with Crippen LogP contribution in [0.15, 0.2) is 15.9 Å². The van der Waals surface area contributed by atoms with Gasteiger partial charge in [0.1, 0.15) is 0 Å². The van der Waals surface area contributed by atoms with E-state index in [2.05, 4.69) is 35.0 Å². The number of hydrogen-bond donors (Lipinski definition) is 1. The lowest BCUT2D eigenvalue weighted by molar-refractivity contribution is -0.00922. The zero-order valence-electron chi connectivity index (χ0n) is 10.4. The van der Waals surface area contributed by atoms with Crippen molar-refractivity contribution in [2.75, 3.05) is 0 Å². The van der Waals surface area contributed by atoms with Gasteiger partial charge < -0.3 is 5.11 Å². The van der Waals surface area contributed by atoms with Crippen LogP contribution in [0.4, 0.5) is 0 Å². The molecule has 0 bridgehead atoms. The molecule has 1 aromatic rings. The van der Waals surface area contributed by atoms with Crippen LogP contribution in [0.3, 0.4) is 0 Å². The van der Waals surface area contributed by atoms with Gasteiger partial charge in [-0.05, 0) is 59.7 Å². The van der Waals surface area contributed by atoms with E-state index in [0.29, 0.717) is 0 Å². The summed E-state index contributed by atoms with van der Waals surface area (Å²) in [5.41, 5.74) is -0.436. The van der Waals surface area contributed by atoms with E-state index in [9.17, 15) is 5.11 Å². The average molecular weight is 317 g/mol. The summed E-state index contributed by atoms with van der Waals surface area (Å²) < 4.78 is 1.16. The second-order valence-electron chi connectivity index (χ2n) is 5.34. The Kier molecular flexibility index (Phi) is 4.67. The molecule has 17 heavy (non-hydrogen) atoms. The summed E-state index contributed by atoms with van der Waals surface area (Å²) in [6, 6.07) is 4.21. The van der Waals surface area contributed by atoms with Gasteiger partial charge in [0.15, 0.2) is 0 Å². The van der Waals surface area contributed by atoms with Crippen LogP contribution in [0.1, 0.15) is 50.3 Å². The molecule has 1 aliphatic rings. The highest BCUT2D eigenvalue weighted by atomic mass is 79.9. The van der Waals surface area contributed by atoms with Gasteiger partial charge in [0.2, 0.25) is 0 Å². The maximum Gasteiger partial charge on any atom is 0.0701 e. The van der Waals surface area contributed by atoms with Crippen molar-refractivity contribution >= 4 is 27.3 Å². The van der Waals surface area contributed by atoms with Gasteiger partial charge in [-0.1, -0.05) is 19.8 Å². The monoisotopic (exact) mass is 316 g/mol. The molecule has 96 valence electrons. The molecule has 0 atom stereocenters. The van der Waals surface area contributed by atoms with Gasteiger partial charge in [0.05, 0.1) is 9.39 Å². The van der Waals surface area contributed by atoms with Crippen molar-refractivity contribution < 1.29 is 5.11 Å². The predicted octanol–water partition coefficient (Wildman–Crippen LogP) is 4.77. The SMILES string of the molecule is CCCC1CCC(O)(Cc2ccc(Br)s2)CC1. The molecule has 1 heterocycles. The van der Waals surface area contributed by atoms with Crippen molar-refractivity contribution in [1.29, 1.82) is 0 Å². The predicted molar refractivity (Wildman–Crippen MR) is 77.5 cm³/mol. The van der Waals surface area contributed by atoms with Gasteiger partial charge in [-0.3, -0.25) is 0 Å². The summed E-state index contributed by atoms with van der Waals surface area (Å²) in [6.45, 7) is 2.25. The van der Waals surface area contributed by atoms with Crippen LogP contribution in [0.2, 0.25) is 0 Å². The highest BCUT2D eigenvalue weighted by molar-refractivity contribution is 9.11. The summed E-state index contributed by atoms with van der Waals surface area (Å²) in [7, 11) is 0. The van der Waals surface area contributed by atoms with E-state index in [4.69, 9.17) is 0 Å². The molecule has 1 fully saturated rings. The summed E-state index contributed by atoms with van der Waals surface area (Å²) in [5.74, 6) is 0.857. The van der Waals surface area contributed by atoms with Crippen LogP contribution in [0.5, 0.6) is 0 Å². The van der Waals surface area contributed by atoms with Crippen molar-refractivity contribution in [3.8, 4) is 0 Å². The van der Waals surface area contributed by atoms with Gasteiger partial charge in [-0.15, -0.1) is 11.3 Å². The molecule has 0 radical (unpaired) electrons. The van der Waals surface area contributed by atoms with E-state index in [1.54, 1.807) is 11.3 Å². The Balaban J connectivity index is 1.89. The summed E-state index contributed by atoms with van der Waals surface area (Å²) in [5, 5.41) is 10.6. The minimum Gasteiger partial charge on any atom is -0.390 e. The number of hydrogen-bond acceptors (Lipinski definition) is 2. The third-order valence-electron chi connectivity index (χ3n) is 3.86. The van der Waals surface area contributed by atoms with Gasteiger partial charge in [0.25, 0.3) is 0 Å². The highest BCUT2D eigenvalue weighted by Gasteiger charge is 2.33. The zero-order valence-corrected chi connectivity index (χ0v) is 12.8. The van der Waals surface area contributed by atoms with Crippen LogP contribution >= 0.6 is 27.3 Å². The Bertz CT molecular complexity index is 353. The van der Waals surface area contributed by atoms with Crippen LogP contribution in [-0.4, -0.2) is 10.7 Å². The van der Waals surface area contributed by atoms with Crippen molar-refractivity contribution in [3.05, 3.63) is 20.8 Å². The molecule has 1 nitrogen and oxygen atoms in total.